The molecule has 0 saturated heterocycles. The van der Waals surface area contributed by atoms with Gasteiger partial charge in [0.05, 0.1) is 5.56 Å². The monoisotopic (exact) mass is 304 g/mol. The van der Waals surface area contributed by atoms with Crippen molar-refractivity contribution in [1.29, 1.82) is 0 Å². The number of alkyl halides is 3. The van der Waals surface area contributed by atoms with Gasteiger partial charge >= 0.3 is 6.18 Å². The third kappa shape index (κ3) is 5.41. The standard InChI is InChI=1S/C14H23F3N4/c1-5-6-21(8-7-20(3)4)13-10-11(14(15,16)17)9-12(18-2)19-13/h9-10H,5-8H2,1-4H3,(H,18,19). The summed E-state index contributed by atoms with van der Waals surface area (Å²) in [5.41, 5.74) is -0.678. The largest absolute Gasteiger partial charge is 0.416 e. The van der Waals surface area contributed by atoms with Crippen LogP contribution in [-0.4, -0.2) is 50.7 Å². The van der Waals surface area contributed by atoms with Crippen molar-refractivity contribution in [2.75, 3.05) is 51.0 Å². The first kappa shape index (κ1) is 17.6. The number of anilines is 2. The van der Waals surface area contributed by atoms with Crippen LogP contribution in [0.4, 0.5) is 24.8 Å². The summed E-state index contributed by atoms with van der Waals surface area (Å²) >= 11 is 0. The molecule has 0 spiro atoms. The molecule has 7 heteroatoms. The van der Waals surface area contributed by atoms with E-state index in [2.05, 4.69) is 10.3 Å². The molecule has 0 bridgehead atoms. The van der Waals surface area contributed by atoms with Gasteiger partial charge in [-0.15, -0.1) is 0 Å². The summed E-state index contributed by atoms with van der Waals surface area (Å²) in [5, 5.41) is 2.69. The van der Waals surface area contributed by atoms with Gasteiger partial charge in [-0.05, 0) is 32.6 Å². The number of halogens is 3. The molecular formula is C14H23F3N4. The van der Waals surface area contributed by atoms with Crippen molar-refractivity contribution >= 4 is 11.6 Å². The zero-order chi connectivity index (χ0) is 16.0. The highest BCUT2D eigenvalue weighted by atomic mass is 19.4. The fourth-order valence-corrected chi connectivity index (χ4v) is 1.90. The molecule has 120 valence electrons. The number of aromatic nitrogens is 1. The van der Waals surface area contributed by atoms with E-state index >= 15 is 0 Å². The van der Waals surface area contributed by atoms with Gasteiger partial charge in [0.25, 0.3) is 0 Å². The van der Waals surface area contributed by atoms with Gasteiger partial charge in [0.15, 0.2) is 0 Å². The minimum absolute atomic E-state index is 0.228. The van der Waals surface area contributed by atoms with Gasteiger partial charge in [-0.2, -0.15) is 13.2 Å². The Balaban J connectivity index is 3.11. The van der Waals surface area contributed by atoms with E-state index in [1.165, 1.54) is 0 Å². The molecule has 21 heavy (non-hydrogen) atoms. The van der Waals surface area contributed by atoms with E-state index in [0.717, 1.165) is 25.1 Å². The molecule has 0 saturated carbocycles. The molecule has 1 heterocycles. The number of nitrogens with zero attached hydrogens (tertiary/aromatic N) is 3. The molecule has 0 atom stereocenters. The van der Waals surface area contributed by atoms with Crippen molar-refractivity contribution in [3.05, 3.63) is 17.7 Å². The van der Waals surface area contributed by atoms with Crippen molar-refractivity contribution in [3.63, 3.8) is 0 Å². The molecular weight excluding hydrogens is 281 g/mol. The number of likely N-dealkylation sites (N-methyl/N-ethyl adjacent to an activating group) is 1. The van der Waals surface area contributed by atoms with E-state index in [0.29, 0.717) is 18.9 Å². The van der Waals surface area contributed by atoms with Crippen molar-refractivity contribution < 1.29 is 13.2 Å². The molecule has 0 fully saturated rings. The Kier molecular flexibility index (Phi) is 6.26. The van der Waals surface area contributed by atoms with Crippen LogP contribution >= 0.6 is 0 Å². The zero-order valence-electron chi connectivity index (χ0n) is 13.0. The lowest BCUT2D eigenvalue weighted by atomic mass is 10.2. The molecule has 1 aromatic heterocycles. The smallest absolute Gasteiger partial charge is 0.373 e. The highest BCUT2D eigenvalue weighted by Crippen LogP contribution is 2.32. The molecule has 0 aromatic carbocycles. The van der Waals surface area contributed by atoms with Gasteiger partial charge in [0, 0.05) is 26.7 Å². The second-order valence-electron chi connectivity index (χ2n) is 5.14. The first-order valence-corrected chi connectivity index (χ1v) is 6.94. The summed E-state index contributed by atoms with van der Waals surface area (Å²) in [4.78, 5) is 8.14. The topological polar surface area (TPSA) is 31.4 Å². The number of pyridine rings is 1. The first-order valence-electron chi connectivity index (χ1n) is 6.94. The maximum Gasteiger partial charge on any atom is 0.416 e. The molecule has 1 N–H and O–H groups in total. The summed E-state index contributed by atoms with van der Waals surface area (Å²) in [6, 6.07) is 2.14. The van der Waals surface area contributed by atoms with Crippen LogP contribution < -0.4 is 10.2 Å². The minimum Gasteiger partial charge on any atom is -0.373 e. The summed E-state index contributed by atoms with van der Waals surface area (Å²) in [7, 11) is 5.43. The molecule has 0 unspecified atom stereocenters. The Labute approximate surface area is 124 Å². The number of rotatable bonds is 7. The summed E-state index contributed by atoms with van der Waals surface area (Å²) in [6.45, 7) is 4.06. The highest BCUT2D eigenvalue weighted by molar-refractivity contribution is 5.51. The van der Waals surface area contributed by atoms with E-state index in [1.807, 2.05) is 30.8 Å². The summed E-state index contributed by atoms with van der Waals surface area (Å²) < 4.78 is 38.9. The van der Waals surface area contributed by atoms with Gasteiger partial charge < -0.3 is 15.1 Å². The fraction of sp³-hybridized carbons (Fsp3) is 0.643. The van der Waals surface area contributed by atoms with Gasteiger partial charge in [0.2, 0.25) is 0 Å². The van der Waals surface area contributed by atoms with Gasteiger partial charge in [-0.1, -0.05) is 6.92 Å². The number of hydrogen-bond donors (Lipinski definition) is 1. The quantitative estimate of drug-likeness (QED) is 0.839. The first-order chi connectivity index (χ1) is 9.77. The Hall–Kier alpha value is -1.50. The van der Waals surface area contributed by atoms with E-state index in [4.69, 9.17) is 0 Å². The molecule has 4 nitrogen and oxygen atoms in total. The van der Waals surface area contributed by atoms with Crippen LogP contribution in [0.1, 0.15) is 18.9 Å². The maximum absolute atomic E-state index is 13.0. The third-order valence-corrected chi connectivity index (χ3v) is 3.03. The lowest BCUT2D eigenvalue weighted by Crippen LogP contribution is -2.33. The van der Waals surface area contributed by atoms with Gasteiger partial charge in [-0.3, -0.25) is 0 Å². The zero-order valence-corrected chi connectivity index (χ0v) is 13.0. The molecule has 0 aliphatic heterocycles. The average molecular weight is 304 g/mol. The van der Waals surface area contributed by atoms with Crippen molar-refractivity contribution in [3.8, 4) is 0 Å². The van der Waals surface area contributed by atoms with Crippen LogP contribution in [0.25, 0.3) is 0 Å². The van der Waals surface area contributed by atoms with Crippen LogP contribution in [0.15, 0.2) is 12.1 Å². The van der Waals surface area contributed by atoms with Gasteiger partial charge in [-0.25, -0.2) is 4.98 Å². The van der Waals surface area contributed by atoms with E-state index < -0.39 is 11.7 Å². The molecule has 1 aromatic rings. The minimum atomic E-state index is -4.37. The van der Waals surface area contributed by atoms with E-state index in [9.17, 15) is 13.2 Å². The molecule has 0 amide bonds. The number of nitrogens with one attached hydrogen (secondary N) is 1. The van der Waals surface area contributed by atoms with Crippen molar-refractivity contribution in [2.24, 2.45) is 0 Å². The van der Waals surface area contributed by atoms with E-state index in [1.54, 1.807) is 7.05 Å². The molecule has 0 radical (unpaired) electrons. The Bertz CT molecular complexity index is 446. The van der Waals surface area contributed by atoms with Crippen LogP contribution in [0.5, 0.6) is 0 Å². The highest BCUT2D eigenvalue weighted by Gasteiger charge is 2.32. The lowest BCUT2D eigenvalue weighted by Gasteiger charge is -2.26. The fourth-order valence-electron chi connectivity index (χ4n) is 1.90. The average Bonchev–Trinajstić information content (AvgIpc) is 2.41. The van der Waals surface area contributed by atoms with E-state index in [-0.39, 0.29) is 5.82 Å². The Morgan fingerprint density at radius 2 is 1.81 bits per heavy atom. The molecule has 0 aliphatic rings. The Morgan fingerprint density at radius 1 is 1.14 bits per heavy atom. The molecule has 1 rings (SSSR count). The van der Waals surface area contributed by atoms with Crippen LogP contribution in [0.3, 0.4) is 0 Å². The van der Waals surface area contributed by atoms with Crippen LogP contribution in [0.2, 0.25) is 0 Å². The normalized spacial score (nSPS) is 11.8. The van der Waals surface area contributed by atoms with Crippen LogP contribution in [-0.2, 0) is 6.18 Å². The maximum atomic E-state index is 13.0. The van der Waals surface area contributed by atoms with Gasteiger partial charge in [0.1, 0.15) is 11.6 Å². The second kappa shape index (κ2) is 7.49. The number of hydrogen-bond acceptors (Lipinski definition) is 4. The SMILES string of the molecule is CCCN(CCN(C)C)c1cc(C(F)(F)F)cc(NC)n1. The Morgan fingerprint density at radius 3 is 2.29 bits per heavy atom. The van der Waals surface area contributed by atoms with Crippen molar-refractivity contribution in [2.45, 2.75) is 19.5 Å². The van der Waals surface area contributed by atoms with Crippen molar-refractivity contribution in [1.82, 2.24) is 9.88 Å². The predicted molar refractivity (Wildman–Crippen MR) is 79.8 cm³/mol. The summed E-state index contributed by atoms with van der Waals surface area (Å²) in [5.74, 6) is 0.587. The van der Waals surface area contributed by atoms with Crippen LogP contribution in [0, 0.1) is 0 Å². The summed E-state index contributed by atoms with van der Waals surface area (Å²) in [6.07, 6.45) is -3.52. The lowest BCUT2D eigenvalue weighted by molar-refractivity contribution is -0.137. The second-order valence-corrected chi connectivity index (χ2v) is 5.14. The predicted octanol–water partition coefficient (Wildman–Crippen LogP) is 2.92. The third-order valence-electron chi connectivity index (χ3n) is 3.03. The molecule has 0 aliphatic carbocycles.